The zero-order chi connectivity index (χ0) is 14.8. The van der Waals surface area contributed by atoms with E-state index in [-0.39, 0.29) is 0 Å². The van der Waals surface area contributed by atoms with E-state index in [2.05, 4.69) is 24.5 Å². The maximum absolute atomic E-state index is 5.87. The number of fused-ring (bicyclic) bond motifs is 1. The number of aromatic nitrogens is 2. The van der Waals surface area contributed by atoms with Gasteiger partial charge in [0.2, 0.25) is 0 Å². The molecular weight excluding hydrogens is 262 g/mol. The van der Waals surface area contributed by atoms with Crippen molar-refractivity contribution in [2.45, 2.75) is 45.6 Å². The molecule has 0 aliphatic heterocycles. The Kier molecular flexibility index (Phi) is 4.15. The van der Waals surface area contributed by atoms with Crippen molar-refractivity contribution in [2.75, 3.05) is 18.9 Å². The molecule has 114 valence electrons. The van der Waals surface area contributed by atoms with Crippen LogP contribution in [0.5, 0.6) is 0 Å². The molecule has 1 aromatic carbocycles. The van der Waals surface area contributed by atoms with Crippen LogP contribution in [0.4, 0.5) is 5.69 Å². The van der Waals surface area contributed by atoms with Gasteiger partial charge in [-0.3, -0.25) is 0 Å². The van der Waals surface area contributed by atoms with Crippen molar-refractivity contribution in [2.24, 2.45) is 5.92 Å². The number of ether oxygens (including phenoxy) is 1. The summed E-state index contributed by atoms with van der Waals surface area (Å²) in [6.07, 6.45) is 3.56. The van der Waals surface area contributed by atoms with Crippen molar-refractivity contribution < 1.29 is 4.74 Å². The molecule has 1 aliphatic carbocycles. The predicted molar refractivity (Wildman–Crippen MR) is 86.4 cm³/mol. The summed E-state index contributed by atoms with van der Waals surface area (Å²) >= 11 is 0. The number of nitrogen functional groups attached to an aromatic ring is 1. The average molecular weight is 287 g/mol. The lowest BCUT2D eigenvalue weighted by Crippen LogP contribution is -2.08. The lowest BCUT2D eigenvalue weighted by molar-refractivity contribution is 0.105. The van der Waals surface area contributed by atoms with E-state index in [0.717, 1.165) is 37.4 Å². The zero-order valence-electron chi connectivity index (χ0n) is 13.0. The van der Waals surface area contributed by atoms with Gasteiger partial charge in [-0.2, -0.15) is 0 Å². The molecule has 1 fully saturated rings. The third-order valence-corrected chi connectivity index (χ3v) is 3.87. The van der Waals surface area contributed by atoms with E-state index in [9.17, 15) is 0 Å². The molecule has 0 radical (unpaired) electrons. The Hall–Kier alpha value is -1.55. The van der Waals surface area contributed by atoms with Crippen LogP contribution in [0.3, 0.4) is 0 Å². The highest BCUT2D eigenvalue weighted by atomic mass is 16.5. The lowest BCUT2D eigenvalue weighted by Gasteiger charge is -2.10. The molecular formula is C17H25N3O. The molecule has 1 aliphatic rings. The zero-order valence-corrected chi connectivity index (χ0v) is 13.0. The fourth-order valence-corrected chi connectivity index (χ4v) is 2.70. The minimum Gasteiger partial charge on any atom is -0.399 e. The number of nitrogens with zero attached hydrogens (tertiary/aromatic N) is 2. The van der Waals surface area contributed by atoms with Crippen LogP contribution in [0.15, 0.2) is 18.2 Å². The van der Waals surface area contributed by atoms with Crippen molar-refractivity contribution in [3.8, 4) is 0 Å². The van der Waals surface area contributed by atoms with Crippen LogP contribution < -0.4 is 5.73 Å². The summed E-state index contributed by atoms with van der Waals surface area (Å²) in [5, 5.41) is 0. The topological polar surface area (TPSA) is 53.1 Å². The number of hydrogen-bond donors (Lipinski definition) is 1. The molecule has 4 nitrogen and oxygen atoms in total. The highest BCUT2D eigenvalue weighted by Crippen LogP contribution is 2.40. The summed E-state index contributed by atoms with van der Waals surface area (Å²) in [6.45, 7) is 7.00. The predicted octanol–water partition coefficient (Wildman–Crippen LogP) is 3.56. The van der Waals surface area contributed by atoms with Crippen LogP contribution in [0.1, 0.15) is 44.9 Å². The monoisotopic (exact) mass is 287 g/mol. The van der Waals surface area contributed by atoms with Crippen LogP contribution in [0.25, 0.3) is 11.0 Å². The highest BCUT2D eigenvalue weighted by molar-refractivity contribution is 5.79. The molecule has 0 amide bonds. The summed E-state index contributed by atoms with van der Waals surface area (Å²) < 4.78 is 8.05. The first-order valence-electron chi connectivity index (χ1n) is 7.98. The van der Waals surface area contributed by atoms with Crippen molar-refractivity contribution in [3.05, 3.63) is 24.0 Å². The van der Waals surface area contributed by atoms with Gasteiger partial charge in [0.1, 0.15) is 5.82 Å². The number of benzene rings is 1. The van der Waals surface area contributed by atoms with Crippen LogP contribution >= 0.6 is 0 Å². The smallest absolute Gasteiger partial charge is 0.112 e. The van der Waals surface area contributed by atoms with Crippen LogP contribution in [-0.4, -0.2) is 22.8 Å². The molecule has 4 heteroatoms. The van der Waals surface area contributed by atoms with Gasteiger partial charge in [-0.25, -0.2) is 4.98 Å². The Balaban J connectivity index is 1.72. The maximum Gasteiger partial charge on any atom is 0.112 e. The Labute approximate surface area is 126 Å². The van der Waals surface area contributed by atoms with Gasteiger partial charge in [-0.1, -0.05) is 13.8 Å². The Morgan fingerprint density at radius 2 is 2.19 bits per heavy atom. The minimum atomic E-state index is 0.601. The quantitative estimate of drug-likeness (QED) is 0.626. The molecule has 1 heterocycles. The number of anilines is 1. The second-order valence-electron chi connectivity index (χ2n) is 6.47. The molecule has 0 bridgehead atoms. The molecule has 21 heavy (non-hydrogen) atoms. The normalized spacial score (nSPS) is 15.2. The van der Waals surface area contributed by atoms with E-state index in [1.165, 1.54) is 24.2 Å². The third-order valence-electron chi connectivity index (χ3n) is 3.87. The van der Waals surface area contributed by atoms with E-state index in [0.29, 0.717) is 11.8 Å². The SMILES string of the molecule is CC(C)COCCCn1c(C2CC2)nc2cc(N)ccc21. The molecule has 0 saturated heterocycles. The molecule has 2 aromatic rings. The summed E-state index contributed by atoms with van der Waals surface area (Å²) in [6, 6.07) is 6.04. The summed E-state index contributed by atoms with van der Waals surface area (Å²) in [5.74, 6) is 2.48. The summed E-state index contributed by atoms with van der Waals surface area (Å²) in [5.41, 5.74) is 8.89. The number of hydrogen-bond acceptors (Lipinski definition) is 3. The summed E-state index contributed by atoms with van der Waals surface area (Å²) in [7, 11) is 0. The lowest BCUT2D eigenvalue weighted by atomic mass is 10.2. The molecule has 1 saturated carbocycles. The molecule has 0 unspecified atom stereocenters. The Morgan fingerprint density at radius 3 is 2.90 bits per heavy atom. The second kappa shape index (κ2) is 6.06. The van der Waals surface area contributed by atoms with Gasteiger partial charge in [-0.05, 0) is 43.4 Å². The largest absolute Gasteiger partial charge is 0.399 e. The van der Waals surface area contributed by atoms with Gasteiger partial charge in [0.05, 0.1) is 11.0 Å². The molecule has 3 rings (SSSR count). The van der Waals surface area contributed by atoms with E-state index >= 15 is 0 Å². The van der Waals surface area contributed by atoms with Gasteiger partial charge in [-0.15, -0.1) is 0 Å². The number of aryl methyl sites for hydroxylation is 1. The van der Waals surface area contributed by atoms with Gasteiger partial charge in [0, 0.05) is 31.4 Å². The van der Waals surface area contributed by atoms with E-state index in [1.54, 1.807) is 0 Å². The maximum atomic E-state index is 5.87. The van der Waals surface area contributed by atoms with Crippen molar-refractivity contribution in [1.82, 2.24) is 9.55 Å². The Bertz CT molecular complexity index is 614. The van der Waals surface area contributed by atoms with Gasteiger partial charge < -0.3 is 15.0 Å². The summed E-state index contributed by atoms with van der Waals surface area (Å²) in [4.78, 5) is 4.80. The van der Waals surface area contributed by atoms with E-state index in [1.807, 2.05) is 12.1 Å². The highest BCUT2D eigenvalue weighted by Gasteiger charge is 2.29. The first-order chi connectivity index (χ1) is 10.1. The average Bonchev–Trinajstić information content (AvgIpc) is 3.21. The first-order valence-corrected chi connectivity index (χ1v) is 7.98. The minimum absolute atomic E-state index is 0.601. The standard InChI is InChI=1S/C17H25N3O/c1-12(2)11-21-9-3-8-20-16-7-6-14(18)10-15(16)19-17(20)13-4-5-13/h6-7,10,12-13H,3-5,8-9,11,18H2,1-2H3. The molecule has 0 spiro atoms. The van der Waals surface area contributed by atoms with Crippen molar-refractivity contribution in [1.29, 1.82) is 0 Å². The second-order valence-corrected chi connectivity index (χ2v) is 6.47. The Morgan fingerprint density at radius 1 is 1.38 bits per heavy atom. The number of nitrogens with two attached hydrogens (primary N) is 1. The van der Waals surface area contributed by atoms with E-state index < -0.39 is 0 Å². The van der Waals surface area contributed by atoms with Crippen LogP contribution in [-0.2, 0) is 11.3 Å². The van der Waals surface area contributed by atoms with Crippen LogP contribution in [0, 0.1) is 5.92 Å². The van der Waals surface area contributed by atoms with Gasteiger partial charge in [0.25, 0.3) is 0 Å². The fraction of sp³-hybridized carbons (Fsp3) is 0.588. The van der Waals surface area contributed by atoms with Gasteiger partial charge in [0.15, 0.2) is 0 Å². The number of imidazole rings is 1. The van der Waals surface area contributed by atoms with Crippen molar-refractivity contribution in [3.63, 3.8) is 0 Å². The third kappa shape index (κ3) is 3.38. The van der Waals surface area contributed by atoms with E-state index in [4.69, 9.17) is 15.5 Å². The van der Waals surface area contributed by atoms with Crippen molar-refractivity contribution >= 4 is 16.7 Å². The molecule has 0 atom stereocenters. The fourth-order valence-electron chi connectivity index (χ4n) is 2.70. The van der Waals surface area contributed by atoms with Gasteiger partial charge >= 0.3 is 0 Å². The molecule has 1 aromatic heterocycles. The van der Waals surface area contributed by atoms with Crippen LogP contribution in [0.2, 0.25) is 0 Å². The molecule has 2 N–H and O–H groups in total. The number of rotatable bonds is 7. The first kappa shape index (κ1) is 14.4.